The average Bonchev–Trinajstić information content (AvgIpc) is 2.42. The first-order chi connectivity index (χ1) is 10.6. The fourth-order valence-corrected chi connectivity index (χ4v) is 3.62. The van der Waals surface area contributed by atoms with Crippen LogP contribution in [0.15, 0.2) is 16.6 Å². The first-order valence-electron chi connectivity index (χ1n) is 6.75. The average molecular weight is 417 g/mol. The summed E-state index contributed by atoms with van der Waals surface area (Å²) in [7, 11) is 0. The minimum atomic E-state index is -4.72. The van der Waals surface area contributed by atoms with Gasteiger partial charge in [-0.2, -0.15) is 13.2 Å². The van der Waals surface area contributed by atoms with Crippen LogP contribution >= 0.6 is 27.5 Å². The van der Waals surface area contributed by atoms with Crippen LogP contribution in [0.2, 0.25) is 5.02 Å². The van der Waals surface area contributed by atoms with Crippen LogP contribution in [0.4, 0.5) is 18.0 Å². The lowest BCUT2D eigenvalue weighted by molar-refractivity contribution is -0.260. The Morgan fingerprint density at radius 1 is 1.48 bits per heavy atom. The number of nitrogens with zero attached hydrogens (tertiary/aromatic N) is 1. The molecule has 0 spiro atoms. The first-order valence-corrected chi connectivity index (χ1v) is 7.92. The van der Waals surface area contributed by atoms with Crippen molar-refractivity contribution in [3.63, 3.8) is 0 Å². The lowest BCUT2D eigenvalue weighted by Crippen LogP contribution is -2.61. The fourth-order valence-electron chi connectivity index (χ4n) is 2.57. The molecule has 0 saturated carbocycles. The third-order valence-electron chi connectivity index (χ3n) is 3.73. The van der Waals surface area contributed by atoms with E-state index in [0.29, 0.717) is 15.1 Å². The maximum atomic E-state index is 13.7. The molecule has 0 aromatic heterocycles. The number of hydrogen-bond acceptors (Lipinski definition) is 2. The molecular weight excluding hydrogens is 403 g/mol. The summed E-state index contributed by atoms with van der Waals surface area (Å²) in [6, 6.07) is 2.93. The topological polar surface area (TPSA) is 49.8 Å². The molecule has 1 amide bonds. The molecule has 1 N–H and O–H groups in total. The van der Waals surface area contributed by atoms with Gasteiger partial charge in [-0.3, -0.25) is 0 Å². The second-order valence-corrected chi connectivity index (χ2v) is 6.73. The monoisotopic (exact) mass is 415 g/mol. The molecule has 1 atom stereocenters. The van der Waals surface area contributed by atoms with Crippen molar-refractivity contribution < 1.29 is 27.8 Å². The van der Waals surface area contributed by atoms with Gasteiger partial charge in [-0.05, 0) is 53.4 Å². The maximum Gasteiger partial charge on any atom is 0.430 e. The number of amides is 1. The van der Waals surface area contributed by atoms with E-state index in [1.165, 1.54) is 12.1 Å². The minimum absolute atomic E-state index is 0.0129. The molecule has 1 aliphatic rings. The van der Waals surface area contributed by atoms with E-state index in [9.17, 15) is 18.0 Å². The third-order valence-corrected chi connectivity index (χ3v) is 4.54. The Balaban J connectivity index is 2.43. The Labute approximate surface area is 144 Å². The smallest absolute Gasteiger partial charge is 0.430 e. The van der Waals surface area contributed by atoms with E-state index < -0.39 is 24.4 Å². The number of benzene rings is 1. The SMILES string of the molecule is Cc1cc(Cl)cc(Br)c1OC1(C(F)(F)F)CCCN(C(=O)O)C1. The van der Waals surface area contributed by atoms with Gasteiger partial charge in [0, 0.05) is 11.6 Å². The number of alkyl halides is 3. The lowest BCUT2D eigenvalue weighted by atomic mass is 9.91. The van der Waals surface area contributed by atoms with E-state index in [2.05, 4.69) is 15.9 Å². The molecule has 2 rings (SSSR count). The van der Waals surface area contributed by atoms with Gasteiger partial charge < -0.3 is 14.7 Å². The van der Waals surface area contributed by atoms with Gasteiger partial charge in [-0.25, -0.2) is 4.79 Å². The zero-order valence-electron chi connectivity index (χ0n) is 12.1. The van der Waals surface area contributed by atoms with Gasteiger partial charge in [0.1, 0.15) is 5.75 Å². The van der Waals surface area contributed by atoms with E-state index in [0.717, 1.165) is 4.90 Å². The highest BCUT2D eigenvalue weighted by molar-refractivity contribution is 9.10. The number of hydrogen-bond donors (Lipinski definition) is 1. The van der Waals surface area contributed by atoms with E-state index in [1.54, 1.807) is 6.92 Å². The molecule has 1 aliphatic heterocycles. The number of piperidine rings is 1. The summed E-state index contributed by atoms with van der Waals surface area (Å²) < 4.78 is 46.7. The second kappa shape index (κ2) is 6.39. The summed E-state index contributed by atoms with van der Waals surface area (Å²) in [6.45, 7) is 0.867. The summed E-state index contributed by atoms with van der Waals surface area (Å²) in [6.07, 6.45) is -6.36. The summed E-state index contributed by atoms with van der Waals surface area (Å²) >= 11 is 9.01. The minimum Gasteiger partial charge on any atom is -0.474 e. The third kappa shape index (κ3) is 3.68. The van der Waals surface area contributed by atoms with Crippen LogP contribution in [0.25, 0.3) is 0 Å². The zero-order chi connectivity index (χ0) is 17.4. The van der Waals surface area contributed by atoms with Crippen LogP contribution in [-0.4, -0.2) is 41.0 Å². The number of carboxylic acid groups (broad SMARTS) is 1. The van der Waals surface area contributed by atoms with E-state index in [1.807, 2.05) is 0 Å². The van der Waals surface area contributed by atoms with Crippen molar-refractivity contribution in [1.82, 2.24) is 4.90 Å². The number of rotatable bonds is 2. The van der Waals surface area contributed by atoms with Crippen molar-refractivity contribution in [2.75, 3.05) is 13.1 Å². The summed E-state index contributed by atoms with van der Waals surface area (Å²) in [5.41, 5.74) is -2.15. The molecule has 1 unspecified atom stereocenters. The highest BCUT2D eigenvalue weighted by atomic mass is 79.9. The Kier molecular flexibility index (Phi) is 5.06. The van der Waals surface area contributed by atoms with Crippen LogP contribution in [0.1, 0.15) is 18.4 Å². The maximum absolute atomic E-state index is 13.7. The van der Waals surface area contributed by atoms with Crippen LogP contribution in [0.5, 0.6) is 5.75 Å². The summed E-state index contributed by atoms with van der Waals surface area (Å²) in [4.78, 5) is 11.8. The Hall–Kier alpha value is -1.15. The van der Waals surface area contributed by atoms with Gasteiger partial charge in [-0.15, -0.1) is 0 Å². The standard InChI is InChI=1S/C14H14BrClF3NO3/c1-8-5-9(16)6-10(15)11(8)23-13(14(17,18)19)3-2-4-20(7-13)12(21)22/h5-6H,2-4,7H2,1H3,(H,21,22). The van der Waals surface area contributed by atoms with Crippen molar-refractivity contribution in [3.05, 3.63) is 27.2 Å². The molecule has 1 heterocycles. The van der Waals surface area contributed by atoms with E-state index in [4.69, 9.17) is 21.4 Å². The van der Waals surface area contributed by atoms with Gasteiger partial charge in [0.15, 0.2) is 0 Å². The van der Waals surface area contributed by atoms with Crippen molar-refractivity contribution in [2.45, 2.75) is 31.5 Å². The number of carbonyl (C=O) groups is 1. The molecule has 1 fully saturated rings. The molecule has 0 radical (unpaired) electrons. The molecule has 4 nitrogen and oxygen atoms in total. The van der Waals surface area contributed by atoms with Gasteiger partial charge in [0.25, 0.3) is 0 Å². The van der Waals surface area contributed by atoms with Gasteiger partial charge >= 0.3 is 12.3 Å². The number of likely N-dealkylation sites (tertiary alicyclic amines) is 1. The van der Waals surface area contributed by atoms with Crippen molar-refractivity contribution in [3.8, 4) is 5.75 Å². The molecule has 1 aromatic carbocycles. The fraction of sp³-hybridized carbons (Fsp3) is 0.500. The quantitative estimate of drug-likeness (QED) is 0.749. The van der Waals surface area contributed by atoms with Crippen molar-refractivity contribution in [2.24, 2.45) is 0 Å². The molecule has 9 heteroatoms. The largest absolute Gasteiger partial charge is 0.474 e. The molecule has 0 aliphatic carbocycles. The number of ether oxygens (including phenoxy) is 1. The molecule has 128 valence electrons. The van der Waals surface area contributed by atoms with Crippen LogP contribution in [0.3, 0.4) is 0 Å². The van der Waals surface area contributed by atoms with Crippen LogP contribution in [-0.2, 0) is 0 Å². The van der Waals surface area contributed by atoms with Gasteiger partial charge in [-0.1, -0.05) is 11.6 Å². The Bertz CT molecular complexity index is 603. The van der Waals surface area contributed by atoms with E-state index in [-0.39, 0.29) is 25.1 Å². The first kappa shape index (κ1) is 18.2. The Morgan fingerprint density at radius 2 is 2.13 bits per heavy atom. The van der Waals surface area contributed by atoms with Crippen molar-refractivity contribution in [1.29, 1.82) is 0 Å². The molecule has 1 saturated heterocycles. The predicted octanol–water partition coefficient (Wildman–Crippen LogP) is 4.86. The van der Waals surface area contributed by atoms with Gasteiger partial charge in [0.05, 0.1) is 11.0 Å². The molecule has 0 bridgehead atoms. The summed E-state index contributed by atoms with van der Waals surface area (Å²) in [5.74, 6) is 0.0129. The Morgan fingerprint density at radius 3 is 2.65 bits per heavy atom. The number of aryl methyl sites for hydroxylation is 1. The predicted molar refractivity (Wildman–Crippen MR) is 82.1 cm³/mol. The zero-order valence-corrected chi connectivity index (χ0v) is 14.4. The normalized spacial score (nSPS) is 22.1. The van der Waals surface area contributed by atoms with E-state index >= 15 is 0 Å². The molecular formula is C14H14BrClF3NO3. The van der Waals surface area contributed by atoms with Crippen LogP contribution < -0.4 is 4.74 Å². The highest BCUT2D eigenvalue weighted by Crippen LogP contribution is 2.44. The highest BCUT2D eigenvalue weighted by Gasteiger charge is 2.60. The summed E-state index contributed by atoms with van der Waals surface area (Å²) in [5, 5.41) is 9.38. The second-order valence-electron chi connectivity index (χ2n) is 5.44. The number of halogens is 5. The van der Waals surface area contributed by atoms with Crippen molar-refractivity contribution >= 4 is 33.6 Å². The van der Waals surface area contributed by atoms with Crippen LogP contribution in [0, 0.1) is 6.92 Å². The lowest BCUT2D eigenvalue weighted by Gasteiger charge is -2.43. The van der Waals surface area contributed by atoms with Gasteiger partial charge in [0.2, 0.25) is 5.60 Å². The molecule has 23 heavy (non-hydrogen) atoms. The molecule has 1 aromatic rings.